The number of hydrogen-bond acceptors (Lipinski definition) is 5. The minimum absolute atomic E-state index is 0.0510. The van der Waals surface area contributed by atoms with Gasteiger partial charge in [0.1, 0.15) is 11.6 Å². The van der Waals surface area contributed by atoms with Gasteiger partial charge in [-0.1, -0.05) is 46.7 Å². The van der Waals surface area contributed by atoms with Crippen LogP contribution in [0.2, 0.25) is 5.02 Å². The molecule has 28 heavy (non-hydrogen) atoms. The van der Waals surface area contributed by atoms with E-state index in [1.807, 2.05) is 44.2 Å². The zero-order valence-corrected chi connectivity index (χ0v) is 18.1. The van der Waals surface area contributed by atoms with Crippen molar-refractivity contribution < 1.29 is 13.2 Å². The van der Waals surface area contributed by atoms with Crippen molar-refractivity contribution in [1.82, 2.24) is 9.29 Å². The summed E-state index contributed by atoms with van der Waals surface area (Å²) >= 11 is 7.64. The number of thiazole rings is 1. The molecule has 3 aromatic rings. The molecule has 0 amide bonds. The predicted octanol–water partition coefficient (Wildman–Crippen LogP) is 4.80. The molecule has 1 fully saturated rings. The lowest BCUT2D eigenvalue weighted by Gasteiger charge is -2.31. The molecule has 1 aliphatic heterocycles. The molecule has 4 rings (SSSR count). The van der Waals surface area contributed by atoms with Crippen LogP contribution in [0.5, 0.6) is 5.19 Å². The van der Waals surface area contributed by atoms with Gasteiger partial charge in [0.05, 0.1) is 14.6 Å². The van der Waals surface area contributed by atoms with Crippen molar-refractivity contribution in [3.8, 4) is 5.19 Å². The largest absolute Gasteiger partial charge is 0.467 e. The first-order valence-electron chi connectivity index (χ1n) is 9.14. The molecule has 1 aliphatic rings. The fourth-order valence-electron chi connectivity index (χ4n) is 3.51. The molecule has 2 heterocycles. The second-order valence-electron chi connectivity index (χ2n) is 7.06. The number of aryl methyl sites for hydroxylation is 2. The van der Waals surface area contributed by atoms with E-state index in [-0.39, 0.29) is 6.10 Å². The summed E-state index contributed by atoms with van der Waals surface area (Å²) in [4.78, 5) is 4.86. The molecular formula is C20H21ClN2O3S2. The molecule has 0 spiro atoms. The number of piperidine rings is 1. The van der Waals surface area contributed by atoms with Gasteiger partial charge < -0.3 is 4.74 Å². The van der Waals surface area contributed by atoms with Crippen LogP contribution in [0.15, 0.2) is 41.3 Å². The number of nitrogens with zero attached hydrogens (tertiary/aromatic N) is 2. The van der Waals surface area contributed by atoms with Crippen molar-refractivity contribution in [3.63, 3.8) is 0 Å². The lowest BCUT2D eigenvalue weighted by Crippen LogP contribution is -2.41. The fraction of sp³-hybridized carbons (Fsp3) is 0.350. The number of para-hydroxylation sites is 1. The van der Waals surface area contributed by atoms with Crippen LogP contribution >= 0.6 is 22.9 Å². The van der Waals surface area contributed by atoms with Gasteiger partial charge in [0.2, 0.25) is 10.0 Å². The van der Waals surface area contributed by atoms with Gasteiger partial charge in [-0.3, -0.25) is 0 Å². The van der Waals surface area contributed by atoms with E-state index in [4.69, 9.17) is 16.3 Å². The van der Waals surface area contributed by atoms with Gasteiger partial charge in [-0.2, -0.15) is 4.31 Å². The van der Waals surface area contributed by atoms with Gasteiger partial charge in [-0.25, -0.2) is 13.4 Å². The summed E-state index contributed by atoms with van der Waals surface area (Å²) < 4.78 is 34.6. The molecule has 0 aliphatic carbocycles. The second-order valence-corrected chi connectivity index (χ2v) is 10.4. The molecule has 8 heteroatoms. The number of ether oxygens (including phenoxy) is 1. The Kier molecular flexibility index (Phi) is 5.35. The molecule has 0 bridgehead atoms. The maximum absolute atomic E-state index is 13.0. The number of aromatic nitrogens is 1. The normalized spacial score (nSPS) is 16.5. The zero-order valence-electron chi connectivity index (χ0n) is 15.7. The topological polar surface area (TPSA) is 59.5 Å². The van der Waals surface area contributed by atoms with Gasteiger partial charge in [-0.05, 0) is 50.5 Å². The summed E-state index contributed by atoms with van der Waals surface area (Å²) in [6.45, 7) is 4.67. The molecule has 148 valence electrons. The van der Waals surface area contributed by atoms with Crippen LogP contribution in [-0.4, -0.2) is 36.9 Å². The monoisotopic (exact) mass is 436 g/mol. The van der Waals surface area contributed by atoms with Crippen LogP contribution in [0.4, 0.5) is 0 Å². The number of benzene rings is 2. The Labute approximate surface area is 174 Å². The van der Waals surface area contributed by atoms with Crippen molar-refractivity contribution >= 4 is 43.2 Å². The minimum atomic E-state index is -3.48. The van der Waals surface area contributed by atoms with Crippen molar-refractivity contribution in [2.75, 3.05) is 13.1 Å². The Hall–Kier alpha value is -1.67. The van der Waals surface area contributed by atoms with Crippen LogP contribution in [0, 0.1) is 13.8 Å². The predicted molar refractivity (Wildman–Crippen MR) is 113 cm³/mol. The Morgan fingerprint density at radius 2 is 1.93 bits per heavy atom. The van der Waals surface area contributed by atoms with Gasteiger partial charge >= 0.3 is 0 Å². The van der Waals surface area contributed by atoms with E-state index in [9.17, 15) is 8.42 Å². The Bertz CT molecular complexity index is 1120. The van der Waals surface area contributed by atoms with Crippen LogP contribution in [-0.2, 0) is 10.0 Å². The Morgan fingerprint density at radius 3 is 2.61 bits per heavy atom. The van der Waals surface area contributed by atoms with Gasteiger partial charge in [0.15, 0.2) is 0 Å². The molecule has 5 nitrogen and oxygen atoms in total. The Balaban J connectivity index is 1.44. The van der Waals surface area contributed by atoms with E-state index < -0.39 is 10.0 Å². The first kappa shape index (κ1) is 19.6. The summed E-state index contributed by atoms with van der Waals surface area (Å²) in [5.74, 6) is 0. The van der Waals surface area contributed by atoms with Crippen molar-refractivity contribution in [2.45, 2.75) is 37.7 Å². The first-order valence-corrected chi connectivity index (χ1v) is 11.8. The number of fused-ring (bicyclic) bond motifs is 1. The highest BCUT2D eigenvalue weighted by Crippen LogP contribution is 2.34. The van der Waals surface area contributed by atoms with E-state index >= 15 is 0 Å². The average molecular weight is 437 g/mol. The standard InChI is InChI=1S/C20H21ClN2O3S2/c1-13-6-7-18(14(2)12-13)28(24,25)23-10-8-15(9-11-23)26-20-22-19-16(21)4-3-5-17(19)27-20/h3-7,12,15H,8-11H2,1-2H3. The summed E-state index contributed by atoms with van der Waals surface area (Å²) in [5.41, 5.74) is 2.59. The molecule has 1 aromatic heterocycles. The quantitative estimate of drug-likeness (QED) is 0.589. The smallest absolute Gasteiger partial charge is 0.274 e. The molecule has 0 saturated carbocycles. The number of hydrogen-bond donors (Lipinski definition) is 0. The lowest BCUT2D eigenvalue weighted by molar-refractivity contribution is 0.135. The number of halogens is 1. The van der Waals surface area contributed by atoms with Crippen LogP contribution < -0.4 is 4.74 Å². The first-order chi connectivity index (χ1) is 13.3. The van der Waals surface area contributed by atoms with Crippen molar-refractivity contribution in [2.24, 2.45) is 0 Å². The molecule has 0 radical (unpaired) electrons. The molecular weight excluding hydrogens is 416 g/mol. The molecule has 2 aromatic carbocycles. The van der Waals surface area contributed by atoms with Gasteiger partial charge in [-0.15, -0.1) is 0 Å². The van der Waals surface area contributed by atoms with E-state index in [0.29, 0.717) is 41.0 Å². The average Bonchev–Trinajstić information content (AvgIpc) is 3.06. The van der Waals surface area contributed by atoms with Crippen molar-refractivity contribution in [1.29, 1.82) is 0 Å². The Morgan fingerprint density at radius 1 is 1.18 bits per heavy atom. The maximum atomic E-state index is 13.0. The summed E-state index contributed by atoms with van der Waals surface area (Å²) in [7, 11) is -3.48. The highest BCUT2D eigenvalue weighted by molar-refractivity contribution is 7.89. The summed E-state index contributed by atoms with van der Waals surface area (Å²) in [6.07, 6.45) is 1.21. The minimum Gasteiger partial charge on any atom is -0.467 e. The van der Waals surface area contributed by atoms with E-state index in [1.165, 1.54) is 11.3 Å². The summed E-state index contributed by atoms with van der Waals surface area (Å²) in [5, 5.41) is 1.19. The zero-order chi connectivity index (χ0) is 19.9. The van der Waals surface area contributed by atoms with Crippen LogP contribution in [0.25, 0.3) is 10.2 Å². The third-order valence-electron chi connectivity index (χ3n) is 4.97. The molecule has 1 saturated heterocycles. The third kappa shape index (κ3) is 3.76. The second kappa shape index (κ2) is 7.63. The SMILES string of the molecule is Cc1ccc(S(=O)(=O)N2CCC(Oc3nc4c(Cl)cccc4s3)CC2)c(C)c1. The maximum Gasteiger partial charge on any atom is 0.274 e. The lowest BCUT2D eigenvalue weighted by atomic mass is 10.1. The van der Waals surface area contributed by atoms with Gasteiger partial charge in [0.25, 0.3) is 5.19 Å². The van der Waals surface area contributed by atoms with Crippen molar-refractivity contribution in [3.05, 3.63) is 52.5 Å². The molecule has 0 unspecified atom stereocenters. The van der Waals surface area contributed by atoms with Crippen LogP contribution in [0.3, 0.4) is 0 Å². The molecule has 0 atom stereocenters. The van der Waals surface area contributed by atoms with E-state index in [2.05, 4.69) is 4.98 Å². The number of sulfonamides is 1. The highest BCUT2D eigenvalue weighted by Gasteiger charge is 2.31. The number of rotatable bonds is 4. The third-order valence-corrected chi connectivity index (χ3v) is 8.24. The molecule has 0 N–H and O–H groups in total. The summed E-state index contributed by atoms with van der Waals surface area (Å²) in [6, 6.07) is 11.1. The highest BCUT2D eigenvalue weighted by atomic mass is 35.5. The van der Waals surface area contributed by atoms with E-state index in [1.54, 1.807) is 10.4 Å². The van der Waals surface area contributed by atoms with Crippen LogP contribution in [0.1, 0.15) is 24.0 Å². The van der Waals surface area contributed by atoms with E-state index in [0.717, 1.165) is 21.3 Å². The fourth-order valence-corrected chi connectivity index (χ4v) is 6.36. The van der Waals surface area contributed by atoms with Gasteiger partial charge in [0, 0.05) is 13.1 Å².